The molecule has 0 saturated carbocycles. The van der Waals surface area contributed by atoms with Gasteiger partial charge in [-0.3, -0.25) is 14.6 Å². The average molecular weight is 349 g/mol. The summed E-state index contributed by atoms with van der Waals surface area (Å²) in [5, 5.41) is 10.0. The molecule has 1 heterocycles. The van der Waals surface area contributed by atoms with Gasteiger partial charge in [0.25, 0.3) is 11.5 Å². The van der Waals surface area contributed by atoms with Crippen LogP contribution in [0.3, 0.4) is 0 Å². The van der Waals surface area contributed by atoms with Crippen LogP contribution in [0.4, 0.5) is 0 Å². The molecule has 9 nitrogen and oxygen atoms in total. The molecular weight excluding hydrogens is 330 g/mol. The van der Waals surface area contributed by atoms with Crippen molar-refractivity contribution >= 4 is 5.91 Å². The second kappa shape index (κ2) is 8.15. The van der Waals surface area contributed by atoms with Crippen molar-refractivity contribution in [2.24, 2.45) is 0 Å². The molecule has 2 rings (SSSR count). The van der Waals surface area contributed by atoms with Gasteiger partial charge in [0.2, 0.25) is 0 Å². The molecule has 1 amide bonds. The fourth-order valence-electron chi connectivity index (χ4n) is 2.11. The van der Waals surface area contributed by atoms with Gasteiger partial charge in [-0.25, -0.2) is 4.79 Å². The summed E-state index contributed by atoms with van der Waals surface area (Å²) in [5.41, 5.74) is -1.60. The van der Waals surface area contributed by atoms with Crippen LogP contribution in [0.2, 0.25) is 0 Å². The van der Waals surface area contributed by atoms with Crippen LogP contribution in [0.25, 0.3) is 0 Å². The van der Waals surface area contributed by atoms with Crippen LogP contribution in [-0.4, -0.2) is 59.3 Å². The molecule has 0 fully saturated rings. The van der Waals surface area contributed by atoms with Crippen molar-refractivity contribution in [1.82, 2.24) is 14.9 Å². The van der Waals surface area contributed by atoms with E-state index in [1.807, 2.05) is 4.98 Å². The number of nitrogens with zero attached hydrogens (tertiary/aromatic N) is 1. The highest BCUT2D eigenvalue weighted by Gasteiger charge is 2.17. The number of rotatable bonds is 7. The van der Waals surface area contributed by atoms with Crippen LogP contribution < -0.4 is 20.7 Å². The third kappa shape index (κ3) is 5.21. The molecule has 9 heteroatoms. The average Bonchev–Trinajstić information content (AvgIpc) is 2.58. The van der Waals surface area contributed by atoms with E-state index in [9.17, 15) is 19.5 Å². The Morgan fingerprint density at radius 2 is 1.84 bits per heavy atom. The topological polar surface area (TPSA) is 125 Å². The van der Waals surface area contributed by atoms with Crippen molar-refractivity contribution in [3.63, 3.8) is 0 Å². The van der Waals surface area contributed by atoms with E-state index in [2.05, 4.69) is 4.98 Å². The third-order valence-corrected chi connectivity index (χ3v) is 3.32. The van der Waals surface area contributed by atoms with Gasteiger partial charge in [0, 0.05) is 19.7 Å². The van der Waals surface area contributed by atoms with Crippen LogP contribution in [-0.2, 0) is 0 Å². The quantitative estimate of drug-likeness (QED) is 0.624. The minimum atomic E-state index is -0.954. The van der Waals surface area contributed by atoms with Gasteiger partial charge < -0.3 is 24.5 Å². The molecule has 134 valence electrons. The summed E-state index contributed by atoms with van der Waals surface area (Å²) in [4.78, 5) is 40.0. The molecule has 1 atom stereocenters. The van der Waals surface area contributed by atoms with E-state index in [0.29, 0.717) is 11.5 Å². The molecule has 25 heavy (non-hydrogen) atoms. The molecule has 0 radical (unpaired) electrons. The molecule has 0 bridgehead atoms. The van der Waals surface area contributed by atoms with E-state index in [0.717, 1.165) is 6.07 Å². The number of aliphatic hydroxyl groups is 1. The Morgan fingerprint density at radius 1 is 1.20 bits per heavy atom. The van der Waals surface area contributed by atoms with Crippen LogP contribution in [0.5, 0.6) is 11.5 Å². The zero-order chi connectivity index (χ0) is 18.4. The number of hydrogen-bond donors (Lipinski definition) is 3. The number of carbonyl (C=O) groups is 1. The van der Waals surface area contributed by atoms with Gasteiger partial charge in [-0.2, -0.15) is 0 Å². The summed E-state index contributed by atoms with van der Waals surface area (Å²) in [6.07, 6.45) is -0.954. The number of hydrogen-bond acceptors (Lipinski definition) is 6. The lowest BCUT2D eigenvalue weighted by atomic mass is 10.3. The van der Waals surface area contributed by atoms with Gasteiger partial charge in [-0.1, -0.05) is 0 Å². The molecule has 0 spiro atoms. The number of amides is 1. The SMILES string of the molecule is COc1ccc(OC[C@@H](O)CN(C)C(=O)c2cc(=O)[nH]c(=O)[nH]2)cc1. The van der Waals surface area contributed by atoms with Gasteiger partial charge in [0.05, 0.1) is 7.11 Å². The van der Waals surface area contributed by atoms with E-state index in [-0.39, 0.29) is 18.8 Å². The first-order valence-corrected chi connectivity index (χ1v) is 7.43. The van der Waals surface area contributed by atoms with E-state index in [1.54, 1.807) is 31.4 Å². The molecule has 0 unspecified atom stereocenters. The number of carbonyl (C=O) groups excluding carboxylic acids is 1. The van der Waals surface area contributed by atoms with Crippen molar-refractivity contribution in [1.29, 1.82) is 0 Å². The highest BCUT2D eigenvalue weighted by atomic mass is 16.5. The number of likely N-dealkylation sites (N-methyl/N-ethyl adjacent to an activating group) is 1. The zero-order valence-electron chi connectivity index (χ0n) is 13.8. The summed E-state index contributed by atoms with van der Waals surface area (Å²) in [6.45, 7) is -0.0698. The van der Waals surface area contributed by atoms with Crippen LogP contribution in [0.1, 0.15) is 10.5 Å². The fourth-order valence-corrected chi connectivity index (χ4v) is 2.11. The number of aromatic amines is 2. The summed E-state index contributed by atoms with van der Waals surface area (Å²) in [6, 6.07) is 7.82. The molecule has 1 aromatic heterocycles. The monoisotopic (exact) mass is 349 g/mol. The summed E-state index contributed by atoms with van der Waals surface area (Å²) in [5.74, 6) is 0.643. The van der Waals surface area contributed by atoms with Gasteiger partial charge in [0.15, 0.2) is 0 Å². The lowest BCUT2D eigenvalue weighted by Crippen LogP contribution is -2.38. The lowest BCUT2D eigenvalue weighted by molar-refractivity contribution is 0.0558. The molecule has 0 aliphatic heterocycles. The second-order valence-corrected chi connectivity index (χ2v) is 5.33. The number of aromatic nitrogens is 2. The Kier molecular flexibility index (Phi) is 5.96. The number of ether oxygens (including phenoxy) is 2. The maximum atomic E-state index is 12.2. The van der Waals surface area contributed by atoms with Crippen LogP contribution >= 0.6 is 0 Å². The van der Waals surface area contributed by atoms with Crippen molar-refractivity contribution in [3.8, 4) is 11.5 Å². The minimum absolute atomic E-state index is 0.0319. The molecular formula is C16H19N3O6. The molecule has 0 saturated heterocycles. The Morgan fingerprint density at radius 3 is 2.44 bits per heavy atom. The zero-order valence-corrected chi connectivity index (χ0v) is 13.8. The van der Waals surface area contributed by atoms with E-state index >= 15 is 0 Å². The van der Waals surface area contributed by atoms with Gasteiger partial charge in [-0.15, -0.1) is 0 Å². The first kappa shape index (κ1) is 18.3. The predicted octanol–water partition coefficient (Wildman–Crippen LogP) is -0.416. The maximum Gasteiger partial charge on any atom is 0.326 e. The molecule has 3 N–H and O–H groups in total. The van der Waals surface area contributed by atoms with Crippen molar-refractivity contribution in [2.45, 2.75) is 6.10 Å². The Balaban J connectivity index is 1.90. The number of H-pyrrole nitrogens is 2. The Bertz CT molecular complexity index is 799. The molecule has 1 aromatic carbocycles. The van der Waals surface area contributed by atoms with Crippen molar-refractivity contribution in [3.05, 3.63) is 56.9 Å². The van der Waals surface area contributed by atoms with Crippen molar-refractivity contribution < 1.29 is 19.4 Å². The summed E-state index contributed by atoms with van der Waals surface area (Å²) in [7, 11) is 3.00. The summed E-state index contributed by atoms with van der Waals surface area (Å²) < 4.78 is 10.5. The number of methoxy groups -OCH3 is 1. The third-order valence-electron chi connectivity index (χ3n) is 3.32. The van der Waals surface area contributed by atoms with Crippen LogP contribution in [0, 0.1) is 0 Å². The van der Waals surface area contributed by atoms with Gasteiger partial charge in [0.1, 0.15) is 29.9 Å². The van der Waals surface area contributed by atoms with Gasteiger partial charge >= 0.3 is 5.69 Å². The standard InChI is InChI=1S/C16H19N3O6/c1-19(15(22)13-7-14(21)18-16(23)17-13)8-10(20)9-25-12-5-3-11(24-2)4-6-12/h3-7,10,20H,8-9H2,1-2H3,(H2,17,18,21,23)/t10-/m0/s1. The number of aliphatic hydroxyl groups excluding tert-OH is 1. The van der Waals surface area contributed by atoms with Crippen LogP contribution in [0.15, 0.2) is 39.9 Å². The van der Waals surface area contributed by atoms with Gasteiger partial charge in [-0.05, 0) is 24.3 Å². The number of nitrogens with one attached hydrogen (secondary N) is 2. The number of benzene rings is 1. The lowest BCUT2D eigenvalue weighted by Gasteiger charge is -2.21. The first-order chi connectivity index (χ1) is 11.9. The summed E-state index contributed by atoms with van der Waals surface area (Å²) >= 11 is 0. The molecule has 0 aliphatic rings. The Hall–Kier alpha value is -3.07. The highest BCUT2D eigenvalue weighted by molar-refractivity contribution is 5.91. The Labute approximate surface area is 142 Å². The smallest absolute Gasteiger partial charge is 0.326 e. The molecule has 0 aliphatic carbocycles. The minimum Gasteiger partial charge on any atom is -0.497 e. The fraction of sp³-hybridized carbons (Fsp3) is 0.312. The predicted molar refractivity (Wildman–Crippen MR) is 89.1 cm³/mol. The van der Waals surface area contributed by atoms with E-state index in [1.165, 1.54) is 11.9 Å². The van der Waals surface area contributed by atoms with E-state index < -0.39 is 23.3 Å². The largest absolute Gasteiger partial charge is 0.497 e. The highest BCUT2D eigenvalue weighted by Crippen LogP contribution is 2.17. The first-order valence-electron chi connectivity index (χ1n) is 7.43. The maximum absolute atomic E-state index is 12.2. The molecule has 2 aromatic rings. The normalized spacial score (nSPS) is 11.6. The van der Waals surface area contributed by atoms with Crippen molar-refractivity contribution in [2.75, 3.05) is 27.3 Å². The van der Waals surface area contributed by atoms with E-state index in [4.69, 9.17) is 9.47 Å². The second-order valence-electron chi connectivity index (χ2n) is 5.33.